The molecular formula is C14H18N2O3. The minimum atomic E-state index is -0.944. The van der Waals surface area contributed by atoms with Gasteiger partial charge in [0.15, 0.2) is 0 Å². The fourth-order valence-corrected chi connectivity index (χ4v) is 2.25. The average Bonchev–Trinajstić information content (AvgIpc) is 2.41. The molecule has 0 aromatic heterocycles. The second kappa shape index (κ2) is 5.84. The van der Waals surface area contributed by atoms with Gasteiger partial charge in [0.2, 0.25) is 5.91 Å². The molecule has 1 aromatic carbocycles. The summed E-state index contributed by atoms with van der Waals surface area (Å²) in [6.07, 6.45) is 0.824. The number of amides is 1. The second-order valence-electron chi connectivity index (χ2n) is 4.83. The summed E-state index contributed by atoms with van der Waals surface area (Å²) < 4.78 is 0. The highest BCUT2D eigenvalue weighted by molar-refractivity contribution is 5.86. The van der Waals surface area contributed by atoms with Crippen molar-refractivity contribution in [2.45, 2.75) is 12.5 Å². The van der Waals surface area contributed by atoms with Crippen molar-refractivity contribution >= 4 is 11.9 Å². The zero-order chi connectivity index (χ0) is 13.8. The number of hydrogen-bond acceptors (Lipinski definition) is 3. The Bertz CT molecular complexity index is 461. The van der Waals surface area contributed by atoms with Gasteiger partial charge < -0.3 is 10.0 Å². The lowest BCUT2D eigenvalue weighted by Gasteiger charge is -2.36. The van der Waals surface area contributed by atoms with Gasteiger partial charge in [-0.2, -0.15) is 0 Å². The van der Waals surface area contributed by atoms with Gasteiger partial charge in [-0.05, 0) is 12.0 Å². The van der Waals surface area contributed by atoms with Gasteiger partial charge in [-0.25, -0.2) is 4.79 Å². The molecule has 1 atom stereocenters. The average molecular weight is 262 g/mol. The van der Waals surface area contributed by atoms with Crippen LogP contribution in [-0.2, 0) is 16.0 Å². The first-order valence-electron chi connectivity index (χ1n) is 6.32. The van der Waals surface area contributed by atoms with E-state index < -0.39 is 12.0 Å². The number of likely N-dealkylation sites (N-methyl/N-ethyl adjacent to an activating group) is 1. The summed E-state index contributed by atoms with van der Waals surface area (Å²) >= 11 is 0. The third kappa shape index (κ3) is 3.32. The van der Waals surface area contributed by atoms with E-state index in [1.54, 1.807) is 7.05 Å². The van der Waals surface area contributed by atoms with Crippen LogP contribution >= 0.6 is 0 Å². The first kappa shape index (κ1) is 13.5. The van der Waals surface area contributed by atoms with Crippen LogP contribution in [0.2, 0.25) is 0 Å². The normalized spacial score (nSPS) is 20.6. The molecule has 0 aliphatic carbocycles. The Morgan fingerprint density at radius 3 is 2.68 bits per heavy atom. The minimum absolute atomic E-state index is 0.133. The Morgan fingerprint density at radius 2 is 2.05 bits per heavy atom. The monoisotopic (exact) mass is 262 g/mol. The van der Waals surface area contributed by atoms with Crippen LogP contribution < -0.4 is 0 Å². The number of aliphatic carboxylic acids is 1. The number of carboxylic acids is 1. The molecular weight excluding hydrogens is 244 g/mol. The molecule has 1 saturated heterocycles. The van der Waals surface area contributed by atoms with Gasteiger partial charge in [0.05, 0.1) is 6.54 Å². The fourth-order valence-electron chi connectivity index (χ4n) is 2.25. The van der Waals surface area contributed by atoms with Crippen molar-refractivity contribution in [3.05, 3.63) is 35.9 Å². The molecule has 1 fully saturated rings. The molecule has 1 heterocycles. The number of rotatable bonds is 4. The van der Waals surface area contributed by atoms with Crippen LogP contribution in [0.4, 0.5) is 0 Å². The van der Waals surface area contributed by atoms with E-state index in [4.69, 9.17) is 5.11 Å². The molecule has 1 amide bonds. The highest BCUT2D eigenvalue weighted by atomic mass is 16.4. The van der Waals surface area contributed by atoms with Crippen LogP contribution in [0.3, 0.4) is 0 Å². The van der Waals surface area contributed by atoms with Crippen LogP contribution in [-0.4, -0.2) is 59.5 Å². The van der Waals surface area contributed by atoms with Crippen molar-refractivity contribution in [3.8, 4) is 0 Å². The summed E-state index contributed by atoms with van der Waals surface area (Å²) in [7, 11) is 1.55. The third-order valence-corrected chi connectivity index (χ3v) is 3.50. The number of carbonyl (C=O) groups is 2. The molecule has 1 aliphatic rings. The van der Waals surface area contributed by atoms with E-state index in [9.17, 15) is 9.59 Å². The van der Waals surface area contributed by atoms with Crippen LogP contribution in [0.5, 0.6) is 0 Å². The predicted octanol–water partition coefficient (Wildman–Crippen LogP) is 0.456. The fraction of sp³-hybridized carbons (Fsp3) is 0.429. The molecule has 1 aliphatic heterocycles. The highest BCUT2D eigenvalue weighted by Gasteiger charge is 2.34. The number of hydrogen-bond donors (Lipinski definition) is 1. The maximum atomic E-state index is 11.8. The summed E-state index contributed by atoms with van der Waals surface area (Å²) in [4.78, 5) is 26.1. The maximum Gasteiger partial charge on any atom is 0.327 e. The minimum Gasteiger partial charge on any atom is -0.480 e. The van der Waals surface area contributed by atoms with E-state index in [2.05, 4.69) is 0 Å². The Balaban J connectivity index is 1.94. The van der Waals surface area contributed by atoms with Crippen molar-refractivity contribution in [2.75, 3.05) is 26.7 Å². The van der Waals surface area contributed by atoms with Gasteiger partial charge in [-0.1, -0.05) is 30.3 Å². The van der Waals surface area contributed by atoms with Crippen LogP contribution in [0.1, 0.15) is 5.56 Å². The Labute approximate surface area is 112 Å². The van der Waals surface area contributed by atoms with Gasteiger partial charge in [-0.15, -0.1) is 0 Å². The van der Waals surface area contributed by atoms with E-state index in [1.807, 2.05) is 35.2 Å². The summed E-state index contributed by atoms with van der Waals surface area (Å²) in [6, 6.07) is 9.24. The quantitative estimate of drug-likeness (QED) is 0.856. The molecule has 0 saturated carbocycles. The summed E-state index contributed by atoms with van der Waals surface area (Å²) in [5.74, 6) is -1.08. The second-order valence-corrected chi connectivity index (χ2v) is 4.83. The van der Waals surface area contributed by atoms with Gasteiger partial charge in [0, 0.05) is 20.1 Å². The van der Waals surface area contributed by atoms with Crippen molar-refractivity contribution < 1.29 is 14.7 Å². The van der Waals surface area contributed by atoms with E-state index in [0.29, 0.717) is 19.6 Å². The number of piperazine rings is 1. The van der Waals surface area contributed by atoms with Crippen molar-refractivity contribution in [2.24, 2.45) is 0 Å². The molecule has 0 spiro atoms. The first-order chi connectivity index (χ1) is 9.08. The summed E-state index contributed by atoms with van der Waals surface area (Å²) in [5, 5.41) is 9.11. The molecule has 1 unspecified atom stereocenters. The topological polar surface area (TPSA) is 60.9 Å². The molecule has 1 N–H and O–H groups in total. The number of benzene rings is 1. The standard InChI is InChI=1S/C14H18N2O3/c1-15-12(14(18)19)9-16(10-13(15)17)8-7-11-5-3-2-4-6-11/h2-6,12H,7-10H2,1H3,(H,18,19). The highest BCUT2D eigenvalue weighted by Crippen LogP contribution is 2.10. The zero-order valence-corrected chi connectivity index (χ0v) is 11.0. The van der Waals surface area contributed by atoms with E-state index in [-0.39, 0.29) is 5.91 Å². The van der Waals surface area contributed by atoms with Gasteiger partial charge in [0.1, 0.15) is 6.04 Å². The van der Waals surface area contributed by atoms with E-state index >= 15 is 0 Å². The van der Waals surface area contributed by atoms with Crippen LogP contribution in [0, 0.1) is 0 Å². The Hall–Kier alpha value is -1.88. The lowest BCUT2D eigenvalue weighted by molar-refractivity contribution is -0.154. The lowest BCUT2D eigenvalue weighted by Crippen LogP contribution is -2.58. The lowest BCUT2D eigenvalue weighted by atomic mass is 10.1. The van der Waals surface area contributed by atoms with E-state index in [0.717, 1.165) is 6.42 Å². The molecule has 5 heteroatoms. The third-order valence-electron chi connectivity index (χ3n) is 3.50. The number of carboxylic acid groups (broad SMARTS) is 1. The van der Waals surface area contributed by atoms with Crippen molar-refractivity contribution in [3.63, 3.8) is 0 Å². The van der Waals surface area contributed by atoms with Crippen LogP contribution in [0.15, 0.2) is 30.3 Å². The zero-order valence-electron chi connectivity index (χ0n) is 11.0. The van der Waals surface area contributed by atoms with Gasteiger partial charge in [-0.3, -0.25) is 9.69 Å². The van der Waals surface area contributed by atoms with E-state index in [1.165, 1.54) is 10.5 Å². The van der Waals surface area contributed by atoms with Crippen molar-refractivity contribution in [1.29, 1.82) is 0 Å². The Kier molecular flexibility index (Phi) is 4.16. The number of nitrogens with zero attached hydrogens (tertiary/aromatic N) is 2. The summed E-state index contributed by atoms with van der Waals surface area (Å²) in [5.41, 5.74) is 1.20. The Morgan fingerprint density at radius 1 is 1.37 bits per heavy atom. The molecule has 19 heavy (non-hydrogen) atoms. The molecule has 0 bridgehead atoms. The number of carbonyl (C=O) groups excluding carboxylic acids is 1. The smallest absolute Gasteiger partial charge is 0.327 e. The van der Waals surface area contributed by atoms with Gasteiger partial charge >= 0.3 is 5.97 Å². The molecule has 1 aromatic rings. The molecule has 0 radical (unpaired) electrons. The van der Waals surface area contributed by atoms with Gasteiger partial charge in [0.25, 0.3) is 0 Å². The first-order valence-corrected chi connectivity index (χ1v) is 6.32. The largest absolute Gasteiger partial charge is 0.480 e. The van der Waals surface area contributed by atoms with Crippen molar-refractivity contribution in [1.82, 2.24) is 9.80 Å². The SMILES string of the molecule is CN1C(=O)CN(CCc2ccccc2)CC1C(=O)O. The maximum absolute atomic E-state index is 11.8. The molecule has 2 rings (SSSR count). The predicted molar refractivity (Wildman–Crippen MR) is 70.8 cm³/mol. The van der Waals surface area contributed by atoms with Crippen LogP contribution in [0.25, 0.3) is 0 Å². The summed E-state index contributed by atoms with van der Waals surface area (Å²) in [6.45, 7) is 1.39. The molecule has 102 valence electrons. The molecule has 5 nitrogen and oxygen atoms in total.